The molecule has 1 heterocycles. The van der Waals surface area contributed by atoms with Crippen molar-refractivity contribution in [3.05, 3.63) is 87.4 Å². The highest BCUT2D eigenvalue weighted by Crippen LogP contribution is 2.27. The summed E-state index contributed by atoms with van der Waals surface area (Å²) < 4.78 is 4.93. The van der Waals surface area contributed by atoms with Crippen LogP contribution in [0, 0.1) is 11.3 Å². The van der Waals surface area contributed by atoms with E-state index in [0.717, 1.165) is 12.1 Å². The van der Waals surface area contributed by atoms with Gasteiger partial charge in [-0.15, -0.1) is 0 Å². The summed E-state index contributed by atoms with van der Waals surface area (Å²) in [6.07, 6.45) is 1.35. The highest BCUT2D eigenvalue weighted by Gasteiger charge is 2.14. The third-order valence-corrected chi connectivity index (χ3v) is 4.74. The summed E-state index contributed by atoms with van der Waals surface area (Å²) in [6, 6.07) is 14.1. The first-order valence-electron chi connectivity index (χ1n) is 9.93. The number of benzene rings is 3. The summed E-state index contributed by atoms with van der Waals surface area (Å²) >= 11 is 0. The van der Waals surface area contributed by atoms with Crippen LogP contribution in [0.4, 0.5) is 0 Å². The zero-order valence-electron chi connectivity index (χ0n) is 18.1. The average Bonchev–Trinajstić information content (AvgIpc) is 3.20. The number of hydrogen-bond acceptors (Lipinski definition) is 9. The molecule has 5 N–H and O–H groups in total. The number of fused-ring (bicyclic) bond motifs is 1. The first kappa shape index (κ1) is 24.3. The zero-order valence-corrected chi connectivity index (χ0v) is 18.1. The van der Waals surface area contributed by atoms with E-state index in [9.17, 15) is 29.9 Å². The number of phenols is 4. The topological polar surface area (TPSA) is 185 Å². The number of oxazole rings is 1. The predicted octanol–water partition coefficient (Wildman–Crippen LogP) is 3.62. The maximum atomic E-state index is 12.3. The van der Waals surface area contributed by atoms with Crippen LogP contribution in [-0.2, 0) is 0 Å². The van der Waals surface area contributed by atoms with E-state index in [1.54, 1.807) is 18.2 Å². The number of phenolic OH excluding ortho intramolecular Hbond substituents is 4. The van der Waals surface area contributed by atoms with E-state index in [2.05, 4.69) is 4.98 Å². The van der Waals surface area contributed by atoms with Gasteiger partial charge in [0.05, 0.1) is 5.52 Å². The molecule has 4 aromatic rings. The fraction of sp³-hybridized carbons (Fsp3) is 0.0400. The van der Waals surface area contributed by atoms with E-state index in [0.29, 0.717) is 22.2 Å². The molecular weight excluding hydrogens is 456 g/mol. The van der Waals surface area contributed by atoms with Crippen LogP contribution < -0.4 is 5.76 Å². The number of nitrogens with one attached hydrogen (secondary N) is 1. The Balaban J connectivity index is 0.000000261. The van der Waals surface area contributed by atoms with Gasteiger partial charge in [0.1, 0.15) is 11.6 Å². The molecule has 0 aliphatic rings. The minimum atomic E-state index is -0.608. The largest absolute Gasteiger partial charge is 0.504 e. The summed E-state index contributed by atoms with van der Waals surface area (Å²) in [6.45, 7) is 1.39. The van der Waals surface area contributed by atoms with Crippen LogP contribution >= 0.6 is 0 Å². The van der Waals surface area contributed by atoms with Gasteiger partial charge < -0.3 is 24.8 Å². The highest BCUT2D eigenvalue weighted by atomic mass is 16.4. The summed E-state index contributed by atoms with van der Waals surface area (Å²) in [7, 11) is 0. The van der Waals surface area contributed by atoms with Gasteiger partial charge in [0, 0.05) is 11.1 Å². The van der Waals surface area contributed by atoms with Crippen molar-refractivity contribution in [1.29, 1.82) is 5.26 Å². The smallest absolute Gasteiger partial charge is 0.417 e. The zero-order chi connectivity index (χ0) is 25.7. The van der Waals surface area contributed by atoms with Crippen LogP contribution in [0.15, 0.2) is 69.4 Å². The number of Topliss-reactive ketones (excluding diaryl/α,β-unsaturated/α-hetero) is 2. The summed E-state index contributed by atoms with van der Waals surface area (Å²) in [4.78, 5) is 36.7. The third-order valence-electron chi connectivity index (χ3n) is 4.74. The number of aromatic hydroxyl groups is 4. The Labute approximate surface area is 197 Å². The number of carbonyl (C=O) groups is 2. The van der Waals surface area contributed by atoms with Crippen molar-refractivity contribution in [3.8, 4) is 29.1 Å². The number of nitriles is 1. The molecule has 3 aromatic carbocycles. The van der Waals surface area contributed by atoms with Gasteiger partial charge in [0.2, 0.25) is 5.78 Å². The number of hydrogen-bond donors (Lipinski definition) is 5. The fourth-order valence-corrected chi connectivity index (χ4v) is 2.93. The Hall–Kier alpha value is -5.30. The number of nitrogens with zero attached hydrogens (tertiary/aromatic N) is 1. The van der Waals surface area contributed by atoms with Crippen molar-refractivity contribution in [2.45, 2.75) is 6.92 Å². The molecule has 0 aliphatic carbocycles. The van der Waals surface area contributed by atoms with Crippen molar-refractivity contribution >= 4 is 28.7 Å². The van der Waals surface area contributed by atoms with Gasteiger partial charge in [-0.2, -0.15) is 5.26 Å². The molecule has 0 atom stereocenters. The van der Waals surface area contributed by atoms with Crippen LogP contribution in [0.3, 0.4) is 0 Å². The molecule has 0 radical (unpaired) electrons. The van der Waals surface area contributed by atoms with Gasteiger partial charge in [0.15, 0.2) is 34.4 Å². The third kappa shape index (κ3) is 5.74. The van der Waals surface area contributed by atoms with E-state index in [4.69, 9.17) is 14.6 Å². The summed E-state index contributed by atoms with van der Waals surface area (Å²) in [5.41, 5.74) is 1.59. The Morgan fingerprint density at radius 1 is 0.886 bits per heavy atom. The summed E-state index contributed by atoms with van der Waals surface area (Å²) in [5, 5.41) is 45.8. The van der Waals surface area contributed by atoms with Gasteiger partial charge in [0.25, 0.3) is 0 Å². The van der Waals surface area contributed by atoms with Crippen molar-refractivity contribution in [3.63, 3.8) is 0 Å². The normalized spacial score (nSPS) is 10.8. The molecule has 0 saturated heterocycles. The van der Waals surface area contributed by atoms with Gasteiger partial charge in [-0.1, -0.05) is 6.07 Å². The highest BCUT2D eigenvalue weighted by molar-refractivity contribution is 6.14. The van der Waals surface area contributed by atoms with Crippen LogP contribution in [0.1, 0.15) is 33.2 Å². The molecule has 0 fully saturated rings. The maximum absolute atomic E-state index is 12.3. The fourth-order valence-electron chi connectivity index (χ4n) is 2.93. The first-order chi connectivity index (χ1) is 16.6. The molecule has 1 aromatic heterocycles. The second-order valence-corrected chi connectivity index (χ2v) is 7.23. The Morgan fingerprint density at radius 3 is 2.06 bits per heavy atom. The second-order valence-electron chi connectivity index (χ2n) is 7.23. The second kappa shape index (κ2) is 10.1. The Kier molecular flexibility index (Phi) is 7.02. The van der Waals surface area contributed by atoms with E-state index >= 15 is 0 Å². The molecule has 0 saturated carbocycles. The molecule has 4 rings (SSSR count). The lowest BCUT2D eigenvalue weighted by molar-refractivity contribution is 0.101. The molecule has 0 unspecified atom stereocenters. The standard InChI is InChI=1S/C17H10N2O5.C8H8O3/c18-8-11(16(22)10-2-4-13(20)14(21)7-10)5-9-1-3-12-15(6-9)24-17(23)19-12;1-5(9)6-2-3-7(10)8(11)4-6/h1-7,20-21H,(H,19,23);2-4,10-11H,1H3/b11-5+;. The molecule has 10 heteroatoms. The SMILES string of the molecule is CC(=O)c1ccc(O)c(O)c1.N#C/C(=C\c1ccc2[nH]c(=O)oc2c1)C(=O)c1ccc(O)c(O)c1. The van der Waals surface area contributed by atoms with Crippen molar-refractivity contribution < 1.29 is 34.4 Å². The maximum Gasteiger partial charge on any atom is 0.417 e. The minimum absolute atomic E-state index is 0.0624. The number of aromatic amines is 1. The average molecular weight is 474 g/mol. The molecule has 35 heavy (non-hydrogen) atoms. The molecular formula is C25H18N2O8. The molecule has 0 bridgehead atoms. The van der Waals surface area contributed by atoms with Crippen LogP contribution in [0.5, 0.6) is 23.0 Å². The van der Waals surface area contributed by atoms with E-state index in [1.165, 1.54) is 43.3 Å². The van der Waals surface area contributed by atoms with Gasteiger partial charge in [-0.25, -0.2) is 4.79 Å². The number of H-pyrrole nitrogens is 1. The van der Waals surface area contributed by atoms with E-state index in [-0.39, 0.29) is 34.2 Å². The number of carbonyl (C=O) groups excluding carboxylic acids is 2. The lowest BCUT2D eigenvalue weighted by Crippen LogP contribution is -2.01. The Bertz CT molecular complexity index is 1570. The van der Waals surface area contributed by atoms with Crippen molar-refractivity contribution in [2.75, 3.05) is 0 Å². The molecule has 10 nitrogen and oxygen atoms in total. The lowest BCUT2D eigenvalue weighted by Gasteiger charge is -2.02. The van der Waals surface area contributed by atoms with Crippen molar-refractivity contribution in [1.82, 2.24) is 4.98 Å². The Morgan fingerprint density at radius 2 is 1.49 bits per heavy atom. The number of aromatic nitrogens is 1. The molecule has 176 valence electrons. The number of ketones is 2. The number of rotatable bonds is 4. The monoisotopic (exact) mass is 474 g/mol. The number of allylic oxidation sites excluding steroid dienone is 1. The van der Waals surface area contributed by atoms with E-state index in [1.807, 2.05) is 0 Å². The quantitative estimate of drug-likeness (QED) is 0.127. The predicted molar refractivity (Wildman–Crippen MR) is 124 cm³/mol. The molecule has 0 aliphatic heterocycles. The van der Waals surface area contributed by atoms with Crippen LogP contribution in [0.25, 0.3) is 17.2 Å². The molecule has 0 amide bonds. The summed E-state index contributed by atoms with van der Waals surface area (Å²) in [5.74, 6) is -2.63. The van der Waals surface area contributed by atoms with Crippen LogP contribution in [0.2, 0.25) is 0 Å². The van der Waals surface area contributed by atoms with Crippen LogP contribution in [-0.4, -0.2) is 37.0 Å². The first-order valence-corrected chi connectivity index (χ1v) is 9.93. The minimum Gasteiger partial charge on any atom is -0.504 e. The van der Waals surface area contributed by atoms with E-state index < -0.39 is 17.3 Å². The van der Waals surface area contributed by atoms with Gasteiger partial charge in [-0.3, -0.25) is 14.6 Å². The lowest BCUT2D eigenvalue weighted by atomic mass is 10.0. The van der Waals surface area contributed by atoms with Gasteiger partial charge >= 0.3 is 5.76 Å². The molecule has 0 spiro atoms. The van der Waals surface area contributed by atoms with Crippen molar-refractivity contribution in [2.24, 2.45) is 0 Å². The van der Waals surface area contributed by atoms with Gasteiger partial charge in [-0.05, 0) is 67.1 Å².